The molecule has 2 heteroatoms. The summed E-state index contributed by atoms with van der Waals surface area (Å²) in [4.78, 5) is 11.1. The SMILES string of the molecule is CCC(c1ccc(C#N)cc1)C(C)(C)C=O. The van der Waals surface area contributed by atoms with Crippen molar-refractivity contribution in [1.82, 2.24) is 0 Å². The van der Waals surface area contributed by atoms with Gasteiger partial charge in [-0.15, -0.1) is 0 Å². The molecule has 0 aliphatic heterocycles. The van der Waals surface area contributed by atoms with Crippen LogP contribution in [0.15, 0.2) is 24.3 Å². The Balaban J connectivity index is 3.05. The van der Waals surface area contributed by atoms with E-state index in [0.29, 0.717) is 5.56 Å². The maximum atomic E-state index is 11.1. The average Bonchev–Trinajstić information content (AvgIpc) is 2.30. The normalized spacial score (nSPS) is 12.9. The predicted molar refractivity (Wildman–Crippen MR) is 64.0 cm³/mol. The molecular weight excluding hydrogens is 198 g/mol. The van der Waals surface area contributed by atoms with Crippen molar-refractivity contribution in [1.29, 1.82) is 5.26 Å². The molecule has 0 radical (unpaired) electrons. The molecule has 0 amide bonds. The molecule has 84 valence electrons. The van der Waals surface area contributed by atoms with Crippen molar-refractivity contribution < 1.29 is 4.79 Å². The lowest BCUT2D eigenvalue weighted by Gasteiger charge is -2.28. The number of carbonyl (C=O) groups is 1. The maximum absolute atomic E-state index is 11.1. The van der Waals surface area contributed by atoms with Gasteiger partial charge in [-0.05, 0) is 30.0 Å². The predicted octanol–water partition coefficient (Wildman–Crippen LogP) is 3.28. The fraction of sp³-hybridized carbons (Fsp3) is 0.429. The zero-order chi connectivity index (χ0) is 12.2. The highest BCUT2D eigenvalue weighted by atomic mass is 16.1. The van der Waals surface area contributed by atoms with E-state index >= 15 is 0 Å². The lowest BCUT2D eigenvalue weighted by atomic mass is 9.74. The van der Waals surface area contributed by atoms with E-state index in [1.54, 1.807) is 12.1 Å². The van der Waals surface area contributed by atoms with Gasteiger partial charge in [0.1, 0.15) is 6.29 Å². The van der Waals surface area contributed by atoms with Crippen LogP contribution >= 0.6 is 0 Å². The van der Waals surface area contributed by atoms with Crippen LogP contribution in [0, 0.1) is 16.7 Å². The summed E-state index contributed by atoms with van der Waals surface area (Å²) < 4.78 is 0. The van der Waals surface area contributed by atoms with Crippen molar-refractivity contribution in [2.75, 3.05) is 0 Å². The van der Waals surface area contributed by atoms with Gasteiger partial charge in [0.25, 0.3) is 0 Å². The van der Waals surface area contributed by atoms with E-state index in [1.807, 2.05) is 26.0 Å². The number of aldehydes is 1. The Kier molecular flexibility index (Phi) is 3.84. The number of nitrogens with zero attached hydrogens (tertiary/aromatic N) is 1. The molecule has 0 aliphatic carbocycles. The second kappa shape index (κ2) is 4.94. The van der Waals surface area contributed by atoms with E-state index in [4.69, 9.17) is 5.26 Å². The Morgan fingerprint density at radius 1 is 1.38 bits per heavy atom. The Labute approximate surface area is 96.9 Å². The van der Waals surface area contributed by atoms with Crippen molar-refractivity contribution in [2.24, 2.45) is 5.41 Å². The minimum Gasteiger partial charge on any atom is -0.303 e. The van der Waals surface area contributed by atoms with Crippen molar-refractivity contribution in [3.8, 4) is 6.07 Å². The van der Waals surface area contributed by atoms with Gasteiger partial charge >= 0.3 is 0 Å². The van der Waals surface area contributed by atoms with Crippen LogP contribution in [-0.2, 0) is 4.79 Å². The van der Waals surface area contributed by atoms with E-state index < -0.39 is 0 Å². The van der Waals surface area contributed by atoms with Crippen LogP contribution in [0.2, 0.25) is 0 Å². The first-order valence-electron chi connectivity index (χ1n) is 5.51. The van der Waals surface area contributed by atoms with Crippen molar-refractivity contribution in [3.05, 3.63) is 35.4 Å². The third kappa shape index (κ3) is 2.49. The number of nitriles is 1. The summed E-state index contributed by atoms with van der Waals surface area (Å²) in [6, 6.07) is 9.59. The molecule has 1 atom stereocenters. The molecule has 0 spiro atoms. The van der Waals surface area contributed by atoms with E-state index in [2.05, 4.69) is 13.0 Å². The van der Waals surface area contributed by atoms with E-state index in [-0.39, 0.29) is 11.3 Å². The molecule has 1 aromatic carbocycles. The zero-order valence-electron chi connectivity index (χ0n) is 10.0. The molecule has 0 fully saturated rings. The van der Waals surface area contributed by atoms with E-state index in [1.165, 1.54) is 0 Å². The highest BCUT2D eigenvalue weighted by Gasteiger charge is 2.28. The topological polar surface area (TPSA) is 40.9 Å². The quantitative estimate of drug-likeness (QED) is 0.723. The second-order valence-corrected chi connectivity index (χ2v) is 4.63. The lowest BCUT2D eigenvalue weighted by molar-refractivity contribution is -0.115. The molecule has 0 saturated heterocycles. The van der Waals surface area contributed by atoms with Crippen molar-refractivity contribution in [3.63, 3.8) is 0 Å². The minimum atomic E-state index is -0.358. The lowest BCUT2D eigenvalue weighted by Crippen LogP contribution is -2.23. The second-order valence-electron chi connectivity index (χ2n) is 4.63. The summed E-state index contributed by atoms with van der Waals surface area (Å²) in [6.45, 7) is 5.98. The highest BCUT2D eigenvalue weighted by molar-refractivity contribution is 5.60. The Bertz CT molecular complexity index is 398. The molecular formula is C14H17NO. The third-order valence-electron chi connectivity index (χ3n) is 3.05. The summed E-state index contributed by atoms with van der Waals surface area (Å²) >= 11 is 0. The average molecular weight is 215 g/mol. The molecule has 0 N–H and O–H groups in total. The van der Waals surface area contributed by atoms with Crippen LogP contribution in [-0.4, -0.2) is 6.29 Å². The smallest absolute Gasteiger partial charge is 0.126 e. The van der Waals surface area contributed by atoms with Gasteiger partial charge in [0.15, 0.2) is 0 Å². The van der Waals surface area contributed by atoms with E-state index in [0.717, 1.165) is 18.3 Å². The monoisotopic (exact) mass is 215 g/mol. The summed E-state index contributed by atoms with van der Waals surface area (Å²) in [5.74, 6) is 0.206. The van der Waals surface area contributed by atoms with Crippen LogP contribution in [0.5, 0.6) is 0 Å². The van der Waals surface area contributed by atoms with Crippen LogP contribution in [0.3, 0.4) is 0 Å². The maximum Gasteiger partial charge on any atom is 0.126 e. The molecule has 0 aliphatic rings. The van der Waals surface area contributed by atoms with Crippen LogP contribution in [0.25, 0.3) is 0 Å². The van der Waals surface area contributed by atoms with Gasteiger partial charge in [-0.25, -0.2) is 0 Å². The highest BCUT2D eigenvalue weighted by Crippen LogP contribution is 2.36. The van der Waals surface area contributed by atoms with E-state index in [9.17, 15) is 4.79 Å². The Morgan fingerprint density at radius 3 is 2.31 bits per heavy atom. The minimum absolute atomic E-state index is 0.206. The summed E-state index contributed by atoms with van der Waals surface area (Å²) in [7, 11) is 0. The molecule has 0 heterocycles. The van der Waals surface area contributed by atoms with Crippen molar-refractivity contribution >= 4 is 6.29 Å². The number of rotatable bonds is 4. The first-order valence-corrected chi connectivity index (χ1v) is 5.51. The number of hydrogen-bond donors (Lipinski definition) is 0. The zero-order valence-corrected chi connectivity index (χ0v) is 10.0. The number of benzene rings is 1. The van der Waals surface area contributed by atoms with Gasteiger partial charge in [-0.3, -0.25) is 0 Å². The summed E-state index contributed by atoms with van der Waals surface area (Å²) in [6.07, 6.45) is 1.93. The van der Waals surface area contributed by atoms with Gasteiger partial charge in [0.05, 0.1) is 11.6 Å². The fourth-order valence-corrected chi connectivity index (χ4v) is 2.06. The van der Waals surface area contributed by atoms with Crippen molar-refractivity contribution in [2.45, 2.75) is 33.1 Å². The summed E-state index contributed by atoms with van der Waals surface area (Å²) in [5, 5.41) is 8.72. The van der Waals surface area contributed by atoms with Crippen LogP contribution in [0.4, 0.5) is 0 Å². The molecule has 1 rings (SSSR count). The van der Waals surface area contributed by atoms with Crippen LogP contribution < -0.4 is 0 Å². The Hall–Kier alpha value is -1.62. The molecule has 16 heavy (non-hydrogen) atoms. The summed E-state index contributed by atoms with van der Waals surface area (Å²) in [5.41, 5.74) is 1.42. The molecule has 2 nitrogen and oxygen atoms in total. The van der Waals surface area contributed by atoms with Gasteiger partial charge in [-0.1, -0.05) is 32.9 Å². The first kappa shape index (κ1) is 12.4. The largest absolute Gasteiger partial charge is 0.303 e. The third-order valence-corrected chi connectivity index (χ3v) is 3.05. The van der Waals surface area contributed by atoms with Crippen LogP contribution in [0.1, 0.15) is 44.2 Å². The number of hydrogen-bond acceptors (Lipinski definition) is 2. The van der Waals surface area contributed by atoms with Gasteiger partial charge in [-0.2, -0.15) is 5.26 Å². The molecule has 1 unspecified atom stereocenters. The van der Waals surface area contributed by atoms with Gasteiger partial charge < -0.3 is 4.79 Å². The molecule has 0 aromatic heterocycles. The Morgan fingerprint density at radius 2 is 1.94 bits per heavy atom. The molecule has 0 bridgehead atoms. The number of carbonyl (C=O) groups excluding carboxylic acids is 1. The molecule has 1 aromatic rings. The van der Waals surface area contributed by atoms with Gasteiger partial charge in [0, 0.05) is 5.41 Å². The fourth-order valence-electron chi connectivity index (χ4n) is 2.06. The van der Waals surface area contributed by atoms with Gasteiger partial charge in [0.2, 0.25) is 0 Å². The molecule has 0 saturated carbocycles. The first-order chi connectivity index (χ1) is 7.55. The standard InChI is InChI=1S/C14H17NO/c1-4-13(14(2,3)10-16)12-7-5-11(9-15)6-8-12/h5-8,10,13H,4H2,1-3H3.